The summed E-state index contributed by atoms with van der Waals surface area (Å²) in [5.74, 6) is -0.531. The van der Waals surface area contributed by atoms with Crippen LogP contribution in [0, 0.1) is 0 Å². The monoisotopic (exact) mass is 349 g/mol. The van der Waals surface area contributed by atoms with E-state index >= 15 is 0 Å². The summed E-state index contributed by atoms with van der Waals surface area (Å²) in [4.78, 5) is 25.5. The molecular formula is C20H19N3O3. The third kappa shape index (κ3) is 4.51. The minimum absolute atomic E-state index is 0.0739. The van der Waals surface area contributed by atoms with E-state index in [4.69, 9.17) is 10.2 Å². The lowest BCUT2D eigenvalue weighted by Gasteiger charge is -2.24. The summed E-state index contributed by atoms with van der Waals surface area (Å²) in [7, 11) is 0. The number of furan rings is 1. The van der Waals surface area contributed by atoms with Crippen LogP contribution in [-0.2, 0) is 11.3 Å². The molecule has 1 heterocycles. The molecular weight excluding hydrogens is 330 g/mol. The van der Waals surface area contributed by atoms with Gasteiger partial charge in [-0.3, -0.25) is 9.59 Å². The fourth-order valence-electron chi connectivity index (χ4n) is 2.61. The molecule has 3 aromatic rings. The molecule has 0 bridgehead atoms. The highest BCUT2D eigenvalue weighted by Gasteiger charge is 2.13. The number of anilines is 2. The summed E-state index contributed by atoms with van der Waals surface area (Å²) >= 11 is 0. The Hall–Kier alpha value is -3.54. The number of primary amides is 1. The van der Waals surface area contributed by atoms with Gasteiger partial charge >= 0.3 is 0 Å². The molecule has 0 aliphatic heterocycles. The van der Waals surface area contributed by atoms with Crippen molar-refractivity contribution in [2.24, 2.45) is 5.73 Å². The smallest absolute Gasteiger partial charge is 0.291 e. The number of amides is 2. The number of hydrogen-bond donors (Lipinski definition) is 2. The molecule has 132 valence electrons. The van der Waals surface area contributed by atoms with Crippen LogP contribution >= 0.6 is 0 Å². The first-order valence-electron chi connectivity index (χ1n) is 8.14. The van der Waals surface area contributed by atoms with E-state index in [0.29, 0.717) is 12.2 Å². The van der Waals surface area contributed by atoms with Gasteiger partial charge in [-0.25, -0.2) is 0 Å². The standard InChI is InChI=1S/C20H19N3O3/c21-19(24)14-23(13-15-6-2-1-3-7-15)17-9-4-8-16(12-17)22-20(25)18-10-5-11-26-18/h1-12H,13-14H2,(H2,21,24)(H,22,25). The molecule has 0 spiro atoms. The molecule has 0 saturated carbocycles. The van der Waals surface area contributed by atoms with E-state index in [1.54, 1.807) is 24.3 Å². The van der Waals surface area contributed by atoms with Gasteiger partial charge in [0.25, 0.3) is 5.91 Å². The highest BCUT2D eigenvalue weighted by molar-refractivity contribution is 6.02. The lowest BCUT2D eigenvalue weighted by atomic mass is 10.2. The number of nitrogens with one attached hydrogen (secondary N) is 1. The maximum Gasteiger partial charge on any atom is 0.291 e. The first-order chi connectivity index (χ1) is 12.6. The average molecular weight is 349 g/mol. The van der Waals surface area contributed by atoms with Crippen molar-refractivity contribution >= 4 is 23.2 Å². The maximum absolute atomic E-state index is 12.1. The summed E-state index contributed by atoms with van der Waals surface area (Å²) in [5, 5.41) is 2.78. The van der Waals surface area contributed by atoms with Crippen LogP contribution in [0.1, 0.15) is 16.1 Å². The zero-order valence-corrected chi connectivity index (χ0v) is 14.1. The topological polar surface area (TPSA) is 88.6 Å². The second-order valence-corrected chi connectivity index (χ2v) is 5.79. The van der Waals surface area contributed by atoms with Crippen molar-refractivity contribution < 1.29 is 14.0 Å². The predicted octanol–water partition coefficient (Wildman–Crippen LogP) is 3.02. The Morgan fingerprint density at radius 3 is 2.50 bits per heavy atom. The van der Waals surface area contributed by atoms with Gasteiger partial charge in [-0.15, -0.1) is 0 Å². The molecule has 0 unspecified atom stereocenters. The average Bonchev–Trinajstić information content (AvgIpc) is 3.17. The molecule has 0 radical (unpaired) electrons. The van der Waals surface area contributed by atoms with Gasteiger partial charge in [0.15, 0.2) is 5.76 Å². The first kappa shape index (κ1) is 17.3. The molecule has 0 saturated heterocycles. The summed E-state index contributed by atoms with van der Waals surface area (Å²) in [6, 6.07) is 20.3. The largest absolute Gasteiger partial charge is 0.459 e. The Kier molecular flexibility index (Phi) is 5.34. The summed E-state index contributed by atoms with van der Waals surface area (Å²) in [6.07, 6.45) is 1.44. The van der Waals surface area contributed by atoms with Gasteiger partial charge in [-0.2, -0.15) is 0 Å². The van der Waals surface area contributed by atoms with Crippen LogP contribution in [-0.4, -0.2) is 18.4 Å². The number of carbonyl (C=O) groups is 2. The van der Waals surface area contributed by atoms with Crippen LogP contribution in [0.3, 0.4) is 0 Å². The second-order valence-electron chi connectivity index (χ2n) is 5.79. The van der Waals surface area contributed by atoms with Crippen molar-refractivity contribution in [1.82, 2.24) is 0 Å². The molecule has 0 fully saturated rings. The third-order valence-electron chi connectivity index (χ3n) is 3.78. The molecule has 6 nitrogen and oxygen atoms in total. The van der Waals surface area contributed by atoms with Crippen LogP contribution in [0.25, 0.3) is 0 Å². The Labute approximate surface area is 151 Å². The molecule has 0 aliphatic carbocycles. The van der Waals surface area contributed by atoms with Crippen LogP contribution in [0.15, 0.2) is 77.4 Å². The van der Waals surface area contributed by atoms with Crippen LogP contribution in [0.2, 0.25) is 0 Å². The zero-order chi connectivity index (χ0) is 18.4. The van der Waals surface area contributed by atoms with E-state index in [1.807, 2.05) is 47.4 Å². The van der Waals surface area contributed by atoms with Crippen molar-refractivity contribution in [3.8, 4) is 0 Å². The lowest BCUT2D eigenvalue weighted by molar-refractivity contribution is -0.116. The molecule has 0 atom stereocenters. The molecule has 2 aromatic carbocycles. The van der Waals surface area contributed by atoms with E-state index in [0.717, 1.165) is 11.3 Å². The number of nitrogens with two attached hydrogens (primary N) is 1. The van der Waals surface area contributed by atoms with Gasteiger partial charge in [0, 0.05) is 17.9 Å². The van der Waals surface area contributed by atoms with Crippen molar-refractivity contribution in [2.45, 2.75) is 6.54 Å². The molecule has 6 heteroatoms. The van der Waals surface area contributed by atoms with Gasteiger partial charge in [-0.1, -0.05) is 36.4 Å². The van der Waals surface area contributed by atoms with Crippen LogP contribution < -0.4 is 16.0 Å². The van der Waals surface area contributed by atoms with E-state index in [-0.39, 0.29) is 18.2 Å². The molecule has 26 heavy (non-hydrogen) atoms. The molecule has 3 N–H and O–H groups in total. The number of nitrogens with zero attached hydrogens (tertiary/aromatic N) is 1. The normalized spacial score (nSPS) is 10.3. The Morgan fingerprint density at radius 1 is 1.00 bits per heavy atom. The Bertz CT molecular complexity index is 876. The van der Waals surface area contributed by atoms with Crippen molar-refractivity contribution in [1.29, 1.82) is 0 Å². The highest BCUT2D eigenvalue weighted by atomic mass is 16.3. The molecule has 3 rings (SSSR count). The van der Waals surface area contributed by atoms with Crippen LogP contribution in [0.5, 0.6) is 0 Å². The van der Waals surface area contributed by atoms with Crippen molar-refractivity contribution in [3.63, 3.8) is 0 Å². The quantitative estimate of drug-likeness (QED) is 0.686. The fourth-order valence-corrected chi connectivity index (χ4v) is 2.61. The van der Waals surface area contributed by atoms with E-state index in [9.17, 15) is 9.59 Å². The van der Waals surface area contributed by atoms with E-state index in [1.165, 1.54) is 6.26 Å². The summed E-state index contributed by atoms with van der Waals surface area (Å²) in [6.45, 7) is 0.601. The van der Waals surface area contributed by atoms with Crippen molar-refractivity contribution in [3.05, 3.63) is 84.3 Å². The van der Waals surface area contributed by atoms with E-state index < -0.39 is 5.91 Å². The number of hydrogen-bond acceptors (Lipinski definition) is 4. The Balaban J connectivity index is 1.80. The summed E-state index contributed by atoms with van der Waals surface area (Å²) < 4.78 is 5.09. The maximum atomic E-state index is 12.1. The highest BCUT2D eigenvalue weighted by Crippen LogP contribution is 2.22. The van der Waals surface area contributed by atoms with Gasteiger partial charge in [0.1, 0.15) is 0 Å². The second kappa shape index (κ2) is 8.02. The molecule has 2 amide bonds. The van der Waals surface area contributed by atoms with E-state index in [2.05, 4.69) is 5.32 Å². The SMILES string of the molecule is NC(=O)CN(Cc1ccccc1)c1cccc(NC(=O)c2ccco2)c1. The minimum Gasteiger partial charge on any atom is -0.459 e. The minimum atomic E-state index is -0.425. The molecule has 1 aromatic heterocycles. The first-order valence-corrected chi connectivity index (χ1v) is 8.14. The van der Waals surface area contributed by atoms with Gasteiger partial charge in [-0.05, 0) is 35.9 Å². The van der Waals surface area contributed by atoms with Gasteiger partial charge < -0.3 is 20.4 Å². The summed E-state index contributed by atoms with van der Waals surface area (Å²) in [5.41, 5.74) is 7.84. The lowest BCUT2D eigenvalue weighted by Crippen LogP contribution is -2.33. The predicted molar refractivity (Wildman–Crippen MR) is 99.8 cm³/mol. The number of carbonyl (C=O) groups excluding carboxylic acids is 2. The Morgan fingerprint density at radius 2 is 1.81 bits per heavy atom. The van der Waals surface area contributed by atoms with Gasteiger partial charge in [0.2, 0.25) is 5.91 Å². The zero-order valence-electron chi connectivity index (χ0n) is 14.1. The van der Waals surface area contributed by atoms with Crippen LogP contribution in [0.4, 0.5) is 11.4 Å². The molecule has 0 aliphatic rings. The van der Waals surface area contributed by atoms with Crippen molar-refractivity contribution in [2.75, 3.05) is 16.8 Å². The third-order valence-corrected chi connectivity index (χ3v) is 3.78. The van der Waals surface area contributed by atoms with Gasteiger partial charge in [0.05, 0.1) is 12.8 Å². The number of benzene rings is 2. The number of rotatable bonds is 7. The fraction of sp³-hybridized carbons (Fsp3) is 0.100.